The molecule has 60 valence electrons. The summed E-state index contributed by atoms with van der Waals surface area (Å²) in [6.45, 7) is 1.77. The molecular weight excluding hydrogens is 156 g/mol. The highest BCUT2D eigenvalue weighted by atomic mass is 32.2. The van der Waals surface area contributed by atoms with Gasteiger partial charge in [0, 0.05) is 6.42 Å². The summed E-state index contributed by atoms with van der Waals surface area (Å²) in [4.78, 5) is 10.5. The minimum Gasteiger partial charge on any atom is -0.346 e. The van der Waals surface area contributed by atoms with E-state index in [1.165, 1.54) is 0 Å². The first-order valence-electron chi connectivity index (χ1n) is 2.88. The summed E-state index contributed by atoms with van der Waals surface area (Å²) in [7, 11) is -3.60. The number of carbonyl (C=O) groups is 1. The molecule has 4 nitrogen and oxygen atoms in total. The van der Waals surface area contributed by atoms with E-state index in [0.717, 1.165) is 6.26 Å². The Labute approximate surface area is 60.3 Å². The third-order valence-corrected chi connectivity index (χ3v) is 1.19. The van der Waals surface area contributed by atoms with E-state index in [1.807, 2.05) is 0 Å². The molecule has 0 saturated heterocycles. The molecule has 0 heterocycles. The van der Waals surface area contributed by atoms with E-state index in [1.54, 1.807) is 6.92 Å². The maximum absolute atomic E-state index is 10.5. The van der Waals surface area contributed by atoms with Crippen molar-refractivity contribution >= 4 is 16.1 Å². The van der Waals surface area contributed by atoms with Gasteiger partial charge >= 0.3 is 16.1 Å². The Hall–Kier alpha value is -0.580. The van der Waals surface area contributed by atoms with Crippen molar-refractivity contribution in [3.63, 3.8) is 0 Å². The van der Waals surface area contributed by atoms with Crippen LogP contribution in [0.1, 0.15) is 19.8 Å². The third-order valence-electron chi connectivity index (χ3n) is 0.698. The lowest BCUT2D eigenvalue weighted by Crippen LogP contribution is -2.10. The highest BCUT2D eigenvalue weighted by molar-refractivity contribution is 7.86. The topological polar surface area (TPSA) is 60.4 Å². The molecule has 10 heavy (non-hydrogen) atoms. The highest BCUT2D eigenvalue weighted by Crippen LogP contribution is 1.94. The molecule has 0 aromatic heterocycles. The first-order chi connectivity index (χ1) is 4.45. The van der Waals surface area contributed by atoms with E-state index < -0.39 is 16.1 Å². The van der Waals surface area contributed by atoms with Gasteiger partial charge in [-0.15, -0.1) is 0 Å². The van der Waals surface area contributed by atoms with Crippen molar-refractivity contribution in [3.8, 4) is 0 Å². The summed E-state index contributed by atoms with van der Waals surface area (Å²) >= 11 is 0. The van der Waals surface area contributed by atoms with Crippen LogP contribution in [0.5, 0.6) is 0 Å². The summed E-state index contributed by atoms with van der Waals surface area (Å²) in [6, 6.07) is 0. The van der Waals surface area contributed by atoms with Gasteiger partial charge in [-0.05, 0) is 6.42 Å². The van der Waals surface area contributed by atoms with Crippen molar-refractivity contribution in [2.24, 2.45) is 0 Å². The van der Waals surface area contributed by atoms with Gasteiger partial charge in [0.05, 0.1) is 6.26 Å². The average Bonchev–Trinajstić information content (AvgIpc) is 1.59. The zero-order chi connectivity index (χ0) is 8.20. The normalized spacial score (nSPS) is 11.0. The Morgan fingerprint density at radius 1 is 1.50 bits per heavy atom. The molecule has 0 rings (SSSR count). The van der Waals surface area contributed by atoms with Crippen molar-refractivity contribution in [2.45, 2.75) is 19.8 Å². The van der Waals surface area contributed by atoms with Crippen LogP contribution in [0.2, 0.25) is 0 Å². The standard InChI is InChI=1S/C5H10O4S/c1-3-4-5(6)9-10(2,7)8/h3-4H2,1-2H3. The Kier molecular flexibility index (Phi) is 3.35. The lowest BCUT2D eigenvalue weighted by molar-refractivity contribution is -0.133. The molecule has 0 bridgehead atoms. The van der Waals surface area contributed by atoms with Crippen molar-refractivity contribution in [2.75, 3.05) is 6.26 Å². The van der Waals surface area contributed by atoms with Crippen LogP contribution in [0.15, 0.2) is 0 Å². The Morgan fingerprint density at radius 3 is 2.30 bits per heavy atom. The van der Waals surface area contributed by atoms with Crippen LogP contribution >= 0.6 is 0 Å². The van der Waals surface area contributed by atoms with Crippen LogP contribution < -0.4 is 0 Å². The van der Waals surface area contributed by atoms with Crippen LogP contribution in [-0.4, -0.2) is 20.6 Å². The van der Waals surface area contributed by atoms with E-state index >= 15 is 0 Å². The summed E-state index contributed by atoms with van der Waals surface area (Å²) < 4.78 is 24.6. The highest BCUT2D eigenvalue weighted by Gasteiger charge is 2.08. The van der Waals surface area contributed by atoms with E-state index in [2.05, 4.69) is 4.18 Å². The monoisotopic (exact) mass is 166 g/mol. The maximum atomic E-state index is 10.5. The molecule has 0 saturated carbocycles. The molecule has 0 atom stereocenters. The Balaban J connectivity index is 3.82. The zero-order valence-electron chi connectivity index (χ0n) is 5.96. The van der Waals surface area contributed by atoms with Crippen molar-refractivity contribution in [1.29, 1.82) is 0 Å². The van der Waals surface area contributed by atoms with Crippen LogP contribution in [0.25, 0.3) is 0 Å². The quantitative estimate of drug-likeness (QED) is 0.565. The zero-order valence-corrected chi connectivity index (χ0v) is 6.77. The first kappa shape index (κ1) is 9.42. The van der Waals surface area contributed by atoms with Gasteiger partial charge in [0.15, 0.2) is 0 Å². The average molecular weight is 166 g/mol. The van der Waals surface area contributed by atoms with Crippen LogP contribution in [0.3, 0.4) is 0 Å². The van der Waals surface area contributed by atoms with Gasteiger partial charge in [0.25, 0.3) is 0 Å². The summed E-state index contributed by atoms with van der Waals surface area (Å²) in [5, 5.41) is 0. The van der Waals surface area contributed by atoms with E-state index in [4.69, 9.17) is 0 Å². The van der Waals surface area contributed by atoms with E-state index in [0.29, 0.717) is 6.42 Å². The van der Waals surface area contributed by atoms with Crippen LogP contribution in [0.4, 0.5) is 0 Å². The van der Waals surface area contributed by atoms with Crippen LogP contribution in [0, 0.1) is 0 Å². The van der Waals surface area contributed by atoms with Gasteiger partial charge in [-0.25, -0.2) is 0 Å². The van der Waals surface area contributed by atoms with Gasteiger partial charge in [0.1, 0.15) is 0 Å². The van der Waals surface area contributed by atoms with Gasteiger partial charge < -0.3 is 4.18 Å². The SMILES string of the molecule is CCCC(=O)OS(C)(=O)=O. The molecule has 0 amide bonds. The molecule has 0 aliphatic heterocycles. The third kappa shape index (κ3) is 5.55. The molecular formula is C5H10O4S. The fourth-order valence-corrected chi connectivity index (χ4v) is 0.836. The lowest BCUT2D eigenvalue weighted by atomic mass is 10.4. The first-order valence-corrected chi connectivity index (χ1v) is 4.69. The minimum absolute atomic E-state index is 0.146. The molecule has 0 aromatic rings. The van der Waals surface area contributed by atoms with Crippen LogP contribution in [-0.2, 0) is 19.1 Å². The fourth-order valence-electron chi connectivity index (χ4n) is 0.415. The molecule has 0 radical (unpaired) electrons. The number of carbonyl (C=O) groups excluding carboxylic acids is 1. The molecule has 5 heteroatoms. The second-order valence-electron chi connectivity index (χ2n) is 1.91. The maximum Gasteiger partial charge on any atom is 0.322 e. The van der Waals surface area contributed by atoms with Gasteiger partial charge in [0.2, 0.25) is 0 Å². The molecule has 0 aromatic carbocycles. The van der Waals surface area contributed by atoms with Crippen molar-refractivity contribution in [1.82, 2.24) is 0 Å². The number of hydrogen-bond acceptors (Lipinski definition) is 4. The number of hydrogen-bond donors (Lipinski definition) is 0. The fraction of sp³-hybridized carbons (Fsp3) is 0.800. The van der Waals surface area contributed by atoms with Crippen molar-refractivity contribution in [3.05, 3.63) is 0 Å². The summed E-state index contributed by atoms with van der Waals surface area (Å²) in [5.41, 5.74) is 0. The Morgan fingerprint density at radius 2 is 2.00 bits per heavy atom. The molecule has 0 aliphatic carbocycles. The molecule has 0 fully saturated rings. The largest absolute Gasteiger partial charge is 0.346 e. The second-order valence-corrected chi connectivity index (χ2v) is 3.48. The Bertz CT molecular complexity index is 204. The van der Waals surface area contributed by atoms with Gasteiger partial charge in [-0.3, -0.25) is 4.79 Å². The van der Waals surface area contributed by atoms with E-state index in [-0.39, 0.29) is 6.42 Å². The predicted octanol–water partition coefficient (Wildman–Crippen LogP) is 0.289. The molecule has 0 N–H and O–H groups in total. The predicted molar refractivity (Wildman–Crippen MR) is 35.8 cm³/mol. The number of rotatable bonds is 3. The summed E-state index contributed by atoms with van der Waals surface area (Å²) in [5.74, 6) is -0.690. The lowest BCUT2D eigenvalue weighted by Gasteiger charge is -1.97. The summed E-state index contributed by atoms with van der Waals surface area (Å²) in [6.07, 6.45) is 1.59. The van der Waals surface area contributed by atoms with Crippen molar-refractivity contribution < 1.29 is 17.4 Å². The smallest absolute Gasteiger partial charge is 0.322 e. The minimum atomic E-state index is -3.60. The van der Waals surface area contributed by atoms with Gasteiger partial charge in [-0.1, -0.05) is 6.92 Å². The molecule has 0 unspecified atom stereocenters. The molecule has 0 aliphatic rings. The van der Waals surface area contributed by atoms with E-state index in [9.17, 15) is 13.2 Å². The second kappa shape index (κ2) is 3.55. The molecule has 0 spiro atoms. The van der Waals surface area contributed by atoms with Gasteiger partial charge in [-0.2, -0.15) is 8.42 Å².